The van der Waals surface area contributed by atoms with Gasteiger partial charge in [-0.1, -0.05) is 15.9 Å². The van der Waals surface area contributed by atoms with Gasteiger partial charge in [-0.2, -0.15) is 0 Å². The van der Waals surface area contributed by atoms with Crippen LogP contribution in [-0.4, -0.2) is 69.0 Å². The molecule has 0 aliphatic carbocycles. The number of halogens is 1. The molecular formula is C14H26BrNO6. The number of ether oxygens (including phenoxy) is 4. The van der Waals surface area contributed by atoms with Crippen molar-refractivity contribution in [3.63, 3.8) is 0 Å². The van der Waals surface area contributed by atoms with Crippen LogP contribution in [0.25, 0.3) is 0 Å². The van der Waals surface area contributed by atoms with Crippen molar-refractivity contribution in [2.75, 3.05) is 51.5 Å². The van der Waals surface area contributed by atoms with Crippen molar-refractivity contribution in [2.24, 2.45) is 0 Å². The predicted octanol–water partition coefficient (Wildman–Crippen LogP) is 0.889. The molecule has 0 aromatic rings. The summed E-state index contributed by atoms with van der Waals surface area (Å²) in [4.78, 5) is 22.2. The van der Waals surface area contributed by atoms with E-state index in [2.05, 4.69) is 21.2 Å². The molecule has 22 heavy (non-hydrogen) atoms. The van der Waals surface area contributed by atoms with Gasteiger partial charge in [-0.25, -0.2) is 4.79 Å². The topological polar surface area (TPSA) is 83.1 Å². The Morgan fingerprint density at radius 3 is 2.05 bits per heavy atom. The number of esters is 1. The Hall–Kier alpha value is -0.700. The van der Waals surface area contributed by atoms with Crippen molar-refractivity contribution in [3.8, 4) is 0 Å². The highest BCUT2D eigenvalue weighted by molar-refractivity contribution is 9.09. The summed E-state index contributed by atoms with van der Waals surface area (Å²) in [7, 11) is 0. The van der Waals surface area contributed by atoms with Crippen molar-refractivity contribution in [1.29, 1.82) is 0 Å². The zero-order chi connectivity index (χ0) is 16.8. The molecule has 0 bridgehead atoms. The average Bonchev–Trinajstić information content (AvgIpc) is 2.42. The van der Waals surface area contributed by atoms with Gasteiger partial charge in [0.2, 0.25) is 5.91 Å². The minimum absolute atomic E-state index is 0.0676. The summed E-state index contributed by atoms with van der Waals surface area (Å²) in [6, 6.07) is 0. The molecule has 130 valence electrons. The molecule has 0 unspecified atom stereocenters. The van der Waals surface area contributed by atoms with Crippen LogP contribution in [0.1, 0.15) is 20.8 Å². The van der Waals surface area contributed by atoms with E-state index in [0.29, 0.717) is 44.9 Å². The Balaban J connectivity index is 3.24. The fourth-order valence-electron chi connectivity index (χ4n) is 1.28. The minimum Gasteiger partial charge on any atom is -0.458 e. The van der Waals surface area contributed by atoms with Crippen molar-refractivity contribution in [1.82, 2.24) is 5.32 Å². The molecule has 0 heterocycles. The average molecular weight is 384 g/mol. The zero-order valence-corrected chi connectivity index (χ0v) is 15.1. The van der Waals surface area contributed by atoms with Crippen LogP contribution in [0.3, 0.4) is 0 Å². The third-order valence-electron chi connectivity index (χ3n) is 2.07. The lowest BCUT2D eigenvalue weighted by Crippen LogP contribution is -2.28. The second-order valence-electron chi connectivity index (χ2n) is 5.35. The van der Waals surface area contributed by atoms with E-state index < -0.39 is 5.60 Å². The maximum absolute atomic E-state index is 11.3. The van der Waals surface area contributed by atoms with Crippen LogP contribution < -0.4 is 5.32 Å². The normalized spacial score (nSPS) is 11.3. The number of carbonyl (C=O) groups is 2. The molecule has 0 saturated carbocycles. The first kappa shape index (κ1) is 21.3. The van der Waals surface area contributed by atoms with Gasteiger partial charge in [0, 0.05) is 6.54 Å². The Kier molecular flexibility index (Phi) is 12.4. The monoisotopic (exact) mass is 383 g/mol. The van der Waals surface area contributed by atoms with Crippen LogP contribution in [-0.2, 0) is 28.5 Å². The van der Waals surface area contributed by atoms with Crippen molar-refractivity contribution >= 4 is 27.8 Å². The van der Waals surface area contributed by atoms with Gasteiger partial charge in [0.05, 0.1) is 38.4 Å². The molecule has 0 radical (unpaired) electrons. The van der Waals surface area contributed by atoms with Crippen molar-refractivity contribution in [3.05, 3.63) is 0 Å². The largest absolute Gasteiger partial charge is 0.458 e. The number of amides is 1. The Morgan fingerprint density at radius 2 is 1.50 bits per heavy atom. The molecule has 0 aromatic heterocycles. The van der Waals surface area contributed by atoms with Gasteiger partial charge in [-0.05, 0) is 20.8 Å². The van der Waals surface area contributed by atoms with Gasteiger partial charge in [-0.15, -0.1) is 0 Å². The zero-order valence-electron chi connectivity index (χ0n) is 13.5. The van der Waals surface area contributed by atoms with Crippen LogP contribution in [0.5, 0.6) is 0 Å². The SMILES string of the molecule is CC(C)(C)OC(=O)COCCOCCOCCNC(=O)CBr. The summed E-state index contributed by atoms with van der Waals surface area (Å²) in [5, 5.41) is 2.95. The molecule has 0 rings (SSSR count). The number of alkyl halides is 1. The fourth-order valence-corrected chi connectivity index (χ4v) is 1.47. The van der Waals surface area contributed by atoms with E-state index in [1.165, 1.54) is 0 Å². The summed E-state index contributed by atoms with van der Waals surface area (Å²) in [6.45, 7) is 7.83. The molecule has 1 N–H and O–H groups in total. The van der Waals surface area contributed by atoms with Crippen LogP contribution >= 0.6 is 15.9 Å². The first-order valence-corrected chi connectivity index (χ1v) is 8.25. The summed E-state index contributed by atoms with van der Waals surface area (Å²) in [5.74, 6) is -0.455. The first-order chi connectivity index (χ1) is 10.3. The van der Waals surface area contributed by atoms with Crippen LogP contribution in [0.4, 0.5) is 0 Å². The number of nitrogens with one attached hydrogen (secondary N) is 1. The third kappa shape index (κ3) is 15.7. The maximum Gasteiger partial charge on any atom is 0.332 e. The van der Waals surface area contributed by atoms with Crippen LogP contribution in [0.2, 0.25) is 0 Å². The van der Waals surface area contributed by atoms with Crippen LogP contribution in [0.15, 0.2) is 0 Å². The molecule has 1 amide bonds. The molecule has 0 fully saturated rings. The molecule has 0 spiro atoms. The molecule has 7 nitrogen and oxygen atoms in total. The second kappa shape index (κ2) is 12.8. The van der Waals surface area contributed by atoms with Gasteiger partial charge in [0.1, 0.15) is 12.2 Å². The standard InChI is InChI=1S/C14H26BrNO6/c1-14(2,3)22-13(18)11-21-9-8-20-7-6-19-5-4-16-12(17)10-15/h4-11H2,1-3H3,(H,16,17). The molecule has 8 heteroatoms. The second-order valence-corrected chi connectivity index (χ2v) is 5.91. The van der Waals surface area contributed by atoms with E-state index in [0.717, 1.165) is 0 Å². The van der Waals surface area contributed by atoms with Gasteiger partial charge >= 0.3 is 5.97 Å². The summed E-state index contributed by atoms with van der Waals surface area (Å²) in [5.41, 5.74) is -0.498. The lowest BCUT2D eigenvalue weighted by Gasteiger charge is -2.19. The smallest absolute Gasteiger partial charge is 0.332 e. The highest BCUT2D eigenvalue weighted by Crippen LogP contribution is 2.06. The summed E-state index contributed by atoms with van der Waals surface area (Å²) < 4.78 is 20.7. The molecule has 0 aromatic carbocycles. The Bertz CT molecular complexity index is 319. The van der Waals surface area contributed by atoms with E-state index in [4.69, 9.17) is 18.9 Å². The first-order valence-electron chi connectivity index (χ1n) is 7.13. The fraction of sp³-hybridized carbons (Fsp3) is 0.857. The molecular weight excluding hydrogens is 358 g/mol. The highest BCUT2D eigenvalue weighted by Gasteiger charge is 2.15. The predicted molar refractivity (Wildman–Crippen MR) is 85.1 cm³/mol. The van der Waals surface area contributed by atoms with E-state index in [1.807, 2.05) is 0 Å². The third-order valence-corrected chi connectivity index (χ3v) is 2.58. The van der Waals surface area contributed by atoms with Gasteiger partial charge in [-0.3, -0.25) is 4.79 Å². The number of hydrogen-bond donors (Lipinski definition) is 1. The summed E-state index contributed by atoms with van der Waals surface area (Å²) >= 11 is 3.05. The van der Waals surface area contributed by atoms with Crippen molar-refractivity contribution in [2.45, 2.75) is 26.4 Å². The van der Waals surface area contributed by atoms with E-state index in [-0.39, 0.29) is 18.5 Å². The van der Waals surface area contributed by atoms with Gasteiger partial charge in [0.15, 0.2) is 0 Å². The Labute approximate surface area is 140 Å². The molecule has 0 aliphatic heterocycles. The van der Waals surface area contributed by atoms with Gasteiger partial charge < -0.3 is 24.3 Å². The Morgan fingerprint density at radius 1 is 0.955 bits per heavy atom. The van der Waals surface area contributed by atoms with Crippen LogP contribution in [0, 0.1) is 0 Å². The van der Waals surface area contributed by atoms with E-state index >= 15 is 0 Å². The number of rotatable bonds is 12. The maximum atomic E-state index is 11.3. The molecule has 0 aliphatic rings. The number of hydrogen-bond acceptors (Lipinski definition) is 6. The molecule has 0 atom stereocenters. The molecule has 0 saturated heterocycles. The van der Waals surface area contributed by atoms with Gasteiger partial charge in [0.25, 0.3) is 0 Å². The minimum atomic E-state index is -0.498. The van der Waals surface area contributed by atoms with Crippen molar-refractivity contribution < 1.29 is 28.5 Å². The number of carbonyl (C=O) groups excluding carboxylic acids is 2. The lowest BCUT2D eigenvalue weighted by molar-refractivity contribution is -0.160. The lowest BCUT2D eigenvalue weighted by atomic mass is 10.2. The van der Waals surface area contributed by atoms with E-state index in [1.54, 1.807) is 20.8 Å². The summed E-state index contributed by atoms with van der Waals surface area (Å²) in [6.07, 6.45) is 0. The quantitative estimate of drug-likeness (QED) is 0.306. The van der Waals surface area contributed by atoms with E-state index in [9.17, 15) is 9.59 Å². The highest BCUT2D eigenvalue weighted by atomic mass is 79.9.